The van der Waals surface area contributed by atoms with Gasteiger partial charge in [0.25, 0.3) is 0 Å². The van der Waals surface area contributed by atoms with Gasteiger partial charge >= 0.3 is 0 Å². The number of nitrogens with two attached hydrogens (primary N) is 1. The van der Waals surface area contributed by atoms with Gasteiger partial charge in [0.1, 0.15) is 12.2 Å². The Balaban J connectivity index is 2.04. The molecule has 0 amide bonds. The van der Waals surface area contributed by atoms with Crippen LogP contribution in [-0.4, -0.2) is 20.8 Å². The molecule has 0 saturated heterocycles. The lowest BCUT2D eigenvalue weighted by molar-refractivity contribution is 0.441. The largest absolute Gasteiger partial charge is 0.271 e. The molecule has 2 aromatic rings. The predicted molar refractivity (Wildman–Crippen MR) is 87.5 cm³/mol. The van der Waals surface area contributed by atoms with Crippen LogP contribution in [0, 0.1) is 5.92 Å². The van der Waals surface area contributed by atoms with Crippen LogP contribution in [0.5, 0.6) is 0 Å². The van der Waals surface area contributed by atoms with Gasteiger partial charge in [0.05, 0.1) is 0 Å². The molecular formula is C15H22BrN5. The maximum atomic E-state index is 5.71. The third-order valence-corrected chi connectivity index (χ3v) is 3.76. The Labute approximate surface area is 134 Å². The third-order valence-electron chi connectivity index (χ3n) is 3.27. The number of hydrogen-bond acceptors (Lipinski definition) is 4. The smallest absolute Gasteiger partial charge is 0.138 e. The molecule has 1 heterocycles. The molecular weight excluding hydrogens is 330 g/mol. The van der Waals surface area contributed by atoms with Crippen molar-refractivity contribution in [3.8, 4) is 0 Å². The van der Waals surface area contributed by atoms with Crippen molar-refractivity contribution in [3.63, 3.8) is 0 Å². The van der Waals surface area contributed by atoms with E-state index in [1.54, 1.807) is 6.33 Å². The van der Waals surface area contributed by atoms with Gasteiger partial charge in [-0.1, -0.05) is 41.9 Å². The van der Waals surface area contributed by atoms with Crippen LogP contribution in [0.15, 0.2) is 35.1 Å². The van der Waals surface area contributed by atoms with E-state index in [1.165, 1.54) is 5.56 Å². The molecule has 21 heavy (non-hydrogen) atoms. The number of halogens is 1. The molecule has 114 valence electrons. The van der Waals surface area contributed by atoms with Crippen molar-refractivity contribution in [1.29, 1.82) is 0 Å². The second-order valence-electron chi connectivity index (χ2n) is 5.65. The van der Waals surface area contributed by atoms with Crippen LogP contribution in [0.3, 0.4) is 0 Å². The summed E-state index contributed by atoms with van der Waals surface area (Å²) in [5.74, 6) is 7.22. The highest BCUT2D eigenvalue weighted by Gasteiger charge is 2.14. The molecule has 6 heteroatoms. The molecule has 0 spiro atoms. The highest BCUT2D eigenvalue weighted by Crippen LogP contribution is 2.14. The molecule has 0 aliphatic heterocycles. The fourth-order valence-corrected chi connectivity index (χ4v) is 2.75. The van der Waals surface area contributed by atoms with Crippen LogP contribution in [-0.2, 0) is 19.4 Å². The second kappa shape index (κ2) is 7.68. The zero-order valence-electron chi connectivity index (χ0n) is 12.5. The Hall–Kier alpha value is -1.24. The molecule has 2 rings (SSSR count). The van der Waals surface area contributed by atoms with Crippen LogP contribution in [0.4, 0.5) is 0 Å². The summed E-state index contributed by atoms with van der Waals surface area (Å²) in [6.45, 7) is 5.22. The Bertz CT molecular complexity index is 567. The third kappa shape index (κ3) is 4.91. The van der Waals surface area contributed by atoms with E-state index in [9.17, 15) is 0 Å². The van der Waals surface area contributed by atoms with Crippen molar-refractivity contribution in [2.45, 2.75) is 39.3 Å². The Morgan fingerprint density at radius 2 is 2.14 bits per heavy atom. The molecule has 0 aliphatic rings. The van der Waals surface area contributed by atoms with Crippen molar-refractivity contribution in [2.24, 2.45) is 11.8 Å². The summed E-state index contributed by atoms with van der Waals surface area (Å²) in [6, 6.07) is 8.41. The minimum atomic E-state index is 0.134. The topological polar surface area (TPSA) is 68.8 Å². The molecule has 1 aromatic heterocycles. The number of nitrogens with zero attached hydrogens (tertiary/aromatic N) is 3. The Kier molecular flexibility index (Phi) is 5.90. The number of benzene rings is 1. The van der Waals surface area contributed by atoms with Crippen LogP contribution >= 0.6 is 15.9 Å². The first-order chi connectivity index (χ1) is 10.1. The van der Waals surface area contributed by atoms with E-state index >= 15 is 0 Å². The molecule has 0 fully saturated rings. The van der Waals surface area contributed by atoms with E-state index in [2.05, 4.69) is 57.4 Å². The number of hydrazine groups is 1. The van der Waals surface area contributed by atoms with Gasteiger partial charge in [-0.3, -0.25) is 11.3 Å². The van der Waals surface area contributed by atoms with Crippen molar-refractivity contribution in [1.82, 2.24) is 20.2 Å². The molecule has 1 unspecified atom stereocenters. The number of nitrogens with one attached hydrogen (secondary N) is 1. The molecule has 0 radical (unpaired) electrons. The lowest BCUT2D eigenvalue weighted by Gasteiger charge is -2.17. The van der Waals surface area contributed by atoms with Crippen molar-refractivity contribution in [2.75, 3.05) is 0 Å². The van der Waals surface area contributed by atoms with Crippen molar-refractivity contribution in [3.05, 3.63) is 46.5 Å². The van der Waals surface area contributed by atoms with Gasteiger partial charge in [-0.15, -0.1) is 0 Å². The molecule has 0 saturated carbocycles. The average Bonchev–Trinajstić information content (AvgIpc) is 2.84. The monoisotopic (exact) mass is 351 g/mol. The minimum absolute atomic E-state index is 0.134. The zero-order valence-corrected chi connectivity index (χ0v) is 14.0. The maximum absolute atomic E-state index is 5.71. The van der Waals surface area contributed by atoms with Gasteiger partial charge in [-0.2, -0.15) is 5.10 Å². The summed E-state index contributed by atoms with van der Waals surface area (Å²) < 4.78 is 3.05. The fourth-order valence-electron chi connectivity index (χ4n) is 2.30. The van der Waals surface area contributed by atoms with Gasteiger partial charge in [0.15, 0.2) is 0 Å². The lowest BCUT2D eigenvalue weighted by Crippen LogP contribution is -2.39. The van der Waals surface area contributed by atoms with Crippen molar-refractivity contribution < 1.29 is 0 Å². The van der Waals surface area contributed by atoms with E-state index in [-0.39, 0.29) is 6.04 Å². The van der Waals surface area contributed by atoms with Gasteiger partial charge in [-0.05, 0) is 30.0 Å². The molecule has 0 aliphatic carbocycles. The standard InChI is InChI=1S/C15H22BrN5/c1-11(2)9-21-15(18-10-19-21)8-14(20-17)7-12-4-3-5-13(16)6-12/h3-6,10-11,14,20H,7-9,17H2,1-2H3. The summed E-state index contributed by atoms with van der Waals surface area (Å²) in [4.78, 5) is 4.36. The van der Waals surface area contributed by atoms with Crippen LogP contribution < -0.4 is 11.3 Å². The first-order valence-electron chi connectivity index (χ1n) is 7.15. The minimum Gasteiger partial charge on any atom is -0.271 e. The van der Waals surface area contributed by atoms with Gasteiger partial charge in [0.2, 0.25) is 0 Å². The van der Waals surface area contributed by atoms with E-state index in [0.717, 1.165) is 29.7 Å². The Morgan fingerprint density at radius 1 is 1.33 bits per heavy atom. The van der Waals surface area contributed by atoms with E-state index in [1.807, 2.05) is 16.8 Å². The highest BCUT2D eigenvalue weighted by molar-refractivity contribution is 9.10. The van der Waals surface area contributed by atoms with Crippen LogP contribution in [0.2, 0.25) is 0 Å². The molecule has 1 atom stereocenters. The van der Waals surface area contributed by atoms with Gasteiger partial charge in [0, 0.05) is 23.5 Å². The quantitative estimate of drug-likeness (QED) is 0.593. The second-order valence-corrected chi connectivity index (χ2v) is 6.57. The summed E-state index contributed by atoms with van der Waals surface area (Å²) >= 11 is 3.50. The zero-order chi connectivity index (χ0) is 15.2. The summed E-state index contributed by atoms with van der Waals surface area (Å²) in [5, 5.41) is 4.29. The SMILES string of the molecule is CC(C)Cn1ncnc1CC(Cc1cccc(Br)c1)NN. The van der Waals surface area contributed by atoms with Crippen LogP contribution in [0.25, 0.3) is 0 Å². The van der Waals surface area contributed by atoms with Gasteiger partial charge in [-0.25, -0.2) is 9.67 Å². The summed E-state index contributed by atoms with van der Waals surface area (Å²) in [7, 11) is 0. The first-order valence-corrected chi connectivity index (χ1v) is 7.95. The molecule has 3 N–H and O–H groups in total. The van der Waals surface area contributed by atoms with E-state index in [0.29, 0.717) is 5.92 Å². The normalized spacial score (nSPS) is 12.8. The first kappa shape index (κ1) is 16.1. The van der Waals surface area contributed by atoms with Crippen molar-refractivity contribution >= 4 is 15.9 Å². The maximum Gasteiger partial charge on any atom is 0.138 e. The lowest BCUT2D eigenvalue weighted by atomic mass is 10.0. The summed E-state index contributed by atoms with van der Waals surface area (Å²) in [5.41, 5.74) is 4.13. The van der Waals surface area contributed by atoms with Crippen LogP contribution in [0.1, 0.15) is 25.2 Å². The number of hydrogen-bond donors (Lipinski definition) is 2. The highest BCUT2D eigenvalue weighted by atomic mass is 79.9. The van der Waals surface area contributed by atoms with E-state index < -0.39 is 0 Å². The predicted octanol–water partition coefficient (Wildman–Crippen LogP) is 2.31. The molecule has 0 bridgehead atoms. The molecule has 5 nitrogen and oxygen atoms in total. The number of rotatable bonds is 7. The van der Waals surface area contributed by atoms with E-state index in [4.69, 9.17) is 5.84 Å². The average molecular weight is 352 g/mol. The summed E-state index contributed by atoms with van der Waals surface area (Å²) in [6.07, 6.45) is 3.23. The van der Waals surface area contributed by atoms with Gasteiger partial charge < -0.3 is 0 Å². The fraction of sp³-hybridized carbons (Fsp3) is 0.467. The number of aromatic nitrogens is 3. The Morgan fingerprint density at radius 3 is 2.81 bits per heavy atom. The molecule has 1 aromatic carbocycles.